The Morgan fingerprint density at radius 3 is 2.21 bits per heavy atom. The third kappa shape index (κ3) is 4.55. The largest absolute Gasteiger partial charge is 0.395 e. The van der Waals surface area contributed by atoms with Crippen molar-refractivity contribution in [3.05, 3.63) is 0 Å². The quantitative estimate of drug-likeness (QED) is 0.480. The van der Waals surface area contributed by atoms with Crippen LogP contribution in [0.1, 0.15) is 6.92 Å². The van der Waals surface area contributed by atoms with Crippen LogP contribution in [0.5, 0.6) is 0 Å². The summed E-state index contributed by atoms with van der Waals surface area (Å²) in [6.07, 6.45) is 0. The average molecular weight is 204 g/mol. The molecule has 0 fully saturated rings. The van der Waals surface area contributed by atoms with Gasteiger partial charge in [0.2, 0.25) is 5.91 Å². The molecule has 5 heteroatoms. The molecule has 0 spiro atoms. The van der Waals surface area contributed by atoms with E-state index in [0.29, 0.717) is 6.54 Å². The van der Waals surface area contributed by atoms with Gasteiger partial charge in [0, 0.05) is 25.6 Å². The van der Waals surface area contributed by atoms with E-state index in [0.717, 1.165) is 0 Å². The highest BCUT2D eigenvalue weighted by molar-refractivity contribution is 5.78. The van der Waals surface area contributed by atoms with Gasteiger partial charge in [0.15, 0.2) is 0 Å². The number of nitrogens with zero attached hydrogens (tertiary/aromatic N) is 1. The maximum Gasteiger partial charge on any atom is 0.226 e. The van der Waals surface area contributed by atoms with Gasteiger partial charge in [-0.25, -0.2) is 0 Å². The van der Waals surface area contributed by atoms with Crippen LogP contribution >= 0.6 is 0 Å². The highest BCUT2D eigenvalue weighted by atomic mass is 16.3. The molecule has 0 aliphatic rings. The van der Waals surface area contributed by atoms with Crippen LogP contribution in [-0.4, -0.2) is 60.9 Å². The lowest BCUT2D eigenvalue weighted by Gasteiger charge is -2.24. The molecule has 84 valence electrons. The number of amides is 1. The van der Waals surface area contributed by atoms with Crippen LogP contribution in [0.25, 0.3) is 0 Å². The molecule has 0 aliphatic carbocycles. The zero-order valence-electron chi connectivity index (χ0n) is 8.86. The summed E-state index contributed by atoms with van der Waals surface area (Å²) in [5.41, 5.74) is 0. The molecule has 1 amide bonds. The SMILES string of the molecule is CNCC(C)C(=O)N(CCO)CCO. The normalized spacial score (nSPS) is 12.6. The minimum atomic E-state index is -0.127. The molecule has 0 saturated carbocycles. The monoisotopic (exact) mass is 204 g/mol. The first-order chi connectivity index (χ1) is 6.67. The van der Waals surface area contributed by atoms with Crippen LogP contribution < -0.4 is 5.32 Å². The van der Waals surface area contributed by atoms with Gasteiger partial charge in [-0.2, -0.15) is 0 Å². The summed E-state index contributed by atoms with van der Waals surface area (Å²) in [5.74, 6) is -0.166. The molecule has 0 aliphatic heterocycles. The Kier molecular flexibility index (Phi) is 7.37. The van der Waals surface area contributed by atoms with Gasteiger partial charge in [0.05, 0.1) is 13.2 Å². The summed E-state index contributed by atoms with van der Waals surface area (Å²) in [6.45, 7) is 2.85. The Bertz CT molecular complexity index is 158. The van der Waals surface area contributed by atoms with Crippen molar-refractivity contribution >= 4 is 5.91 Å². The Morgan fingerprint density at radius 2 is 1.86 bits per heavy atom. The van der Waals surface area contributed by atoms with Crippen LogP contribution in [0.4, 0.5) is 0 Å². The Labute approximate surface area is 84.7 Å². The number of rotatable bonds is 7. The predicted molar refractivity (Wildman–Crippen MR) is 53.8 cm³/mol. The smallest absolute Gasteiger partial charge is 0.226 e. The third-order valence-corrected chi connectivity index (χ3v) is 1.98. The lowest BCUT2D eigenvalue weighted by Crippen LogP contribution is -2.41. The topological polar surface area (TPSA) is 72.8 Å². The maximum atomic E-state index is 11.7. The number of aliphatic hydroxyl groups excluding tert-OH is 2. The summed E-state index contributed by atoms with van der Waals surface area (Å²) in [4.78, 5) is 13.2. The molecule has 0 radical (unpaired) electrons. The number of nitrogens with one attached hydrogen (secondary N) is 1. The molecule has 1 unspecified atom stereocenters. The second kappa shape index (κ2) is 7.73. The number of aliphatic hydroxyl groups is 2. The van der Waals surface area contributed by atoms with E-state index in [2.05, 4.69) is 5.32 Å². The van der Waals surface area contributed by atoms with E-state index in [9.17, 15) is 4.79 Å². The van der Waals surface area contributed by atoms with Crippen LogP contribution in [0.15, 0.2) is 0 Å². The first kappa shape index (κ1) is 13.4. The zero-order valence-corrected chi connectivity index (χ0v) is 8.86. The van der Waals surface area contributed by atoms with Crippen LogP contribution in [-0.2, 0) is 4.79 Å². The van der Waals surface area contributed by atoms with Gasteiger partial charge < -0.3 is 20.4 Å². The molecule has 3 N–H and O–H groups in total. The Balaban J connectivity index is 4.11. The average Bonchev–Trinajstić information content (AvgIpc) is 2.17. The molecular weight excluding hydrogens is 184 g/mol. The second-order valence-corrected chi connectivity index (χ2v) is 3.23. The van der Waals surface area contributed by atoms with Crippen molar-refractivity contribution in [1.29, 1.82) is 0 Å². The van der Waals surface area contributed by atoms with E-state index < -0.39 is 0 Å². The van der Waals surface area contributed by atoms with E-state index in [1.54, 1.807) is 7.05 Å². The zero-order chi connectivity index (χ0) is 11.0. The predicted octanol–water partition coefficient (Wildman–Crippen LogP) is -1.34. The van der Waals surface area contributed by atoms with Crippen LogP contribution in [0.2, 0.25) is 0 Å². The molecule has 0 aromatic heterocycles. The molecule has 0 aromatic rings. The van der Waals surface area contributed by atoms with Crippen molar-refractivity contribution in [3.63, 3.8) is 0 Å². The van der Waals surface area contributed by atoms with Crippen molar-refractivity contribution in [3.8, 4) is 0 Å². The molecule has 0 saturated heterocycles. The van der Waals surface area contributed by atoms with Gasteiger partial charge in [-0.3, -0.25) is 4.79 Å². The molecular formula is C9H20N2O3. The van der Waals surface area contributed by atoms with E-state index in [1.165, 1.54) is 4.90 Å². The summed E-state index contributed by atoms with van der Waals surface area (Å²) in [5, 5.41) is 20.4. The van der Waals surface area contributed by atoms with Crippen molar-refractivity contribution < 1.29 is 15.0 Å². The molecule has 0 bridgehead atoms. The molecule has 0 rings (SSSR count). The summed E-state index contributed by atoms with van der Waals surface area (Å²) >= 11 is 0. The minimum Gasteiger partial charge on any atom is -0.395 e. The van der Waals surface area contributed by atoms with Gasteiger partial charge in [0.25, 0.3) is 0 Å². The van der Waals surface area contributed by atoms with Gasteiger partial charge in [0.1, 0.15) is 0 Å². The molecule has 1 atom stereocenters. The Hall–Kier alpha value is -0.650. The first-order valence-electron chi connectivity index (χ1n) is 4.82. The summed E-state index contributed by atoms with van der Waals surface area (Å²) in [7, 11) is 1.78. The number of hydrogen-bond donors (Lipinski definition) is 3. The van der Waals surface area contributed by atoms with E-state index in [4.69, 9.17) is 10.2 Å². The highest BCUT2D eigenvalue weighted by Crippen LogP contribution is 2.00. The van der Waals surface area contributed by atoms with Crippen molar-refractivity contribution in [1.82, 2.24) is 10.2 Å². The number of hydrogen-bond acceptors (Lipinski definition) is 4. The van der Waals surface area contributed by atoms with Crippen molar-refractivity contribution in [2.75, 3.05) is 39.9 Å². The summed E-state index contributed by atoms with van der Waals surface area (Å²) in [6, 6.07) is 0. The van der Waals surface area contributed by atoms with E-state index in [-0.39, 0.29) is 38.1 Å². The lowest BCUT2D eigenvalue weighted by molar-refractivity contribution is -0.135. The first-order valence-corrected chi connectivity index (χ1v) is 4.82. The van der Waals surface area contributed by atoms with Crippen molar-refractivity contribution in [2.45, 2.75) is 6.92 Å². The van der Waals surface area contributed by atoms with Gasteiger partial charge in [-0.1, -0.05) is 6.92 Å². The van der Waals surface area contributed by atoms with E-state index in [1.807, 2.05) is 6.92 Å². The number of carbonyl (C=O) groups is 1. The standard InChI is InChI=1S/C9H20N2O3/c1-8(7-10-2)9(14)11(3-5-12)4-6-13/h8,10,12-13H,3-7H2,1-2H3. The number of carbonyl (C=O) groups excluding carboxylic acids is 1. The molecule has 0 heterocycles. The van der Waals surface area contributed by atoms with Crippen LogP contribution in [0.3, 0.4) is 0 Å². The Morgan fingerprint density at radius 1 is 1.36 bits per heavy atom. The minimum absolute atomic E-state index is 0.0394. The molecule has 0 aromatic carbocycles. The van der Waals surface area contributed by atoms with E-state index >= 15 is 0 Å². The van der Waals surface area contributed by atoms with Crippen LogP contribution in [0, 0.1) is 5.92 Å². The van der Waals surface area contributed by atoms with Gasteiger partial charge in [-0.15, -0.1) is 0 Å². The van der Waals surface area contributed by atoms with Gasteiger partial charge >= 0.3 is 0 Å². The lowest BCUT2D eigenvalue weighted by atomic mass is 10.1. The fourth-order valence-corrected chi connectivity index (χ4v) is 1.28. The fourth-order valence-electron chi connectivity index (χ4n) is 1.28. The van der Waals surface area contributed by atoms with Gasteiger partial charge in [-0.05, 0) is 7.05 Å². The summed E-state index contributed by atoms with van der Waals surface area (Å²) < 4.78 is 0. The third-order valence-electron chi connectivity index (χ3n) is 1.98. The maximum absolute atomic E-state index is 11.7. The highest BCUT2D eigenvalue weighted by Gasteiger charge is 2.18. The fraction of sp³-hybridized carbons (Fsp3) is 0.889. The molecule has 5 nitrogen and oxygen atoms in total. The second-order valence-electron chi connectivity index (χ2n) is 3.23. The van der Waals surface area contributed by atoms with Crippen molar-refractivity contribution in [2.24, 2.45) is 5.92 Å². The molecule has 14 heavy (non-hydrogen) atoms.